The van der Waals surface area contributed by atoms with Gasteiger partial charge in [-0.05, 0) is 26.2 Å². The molecule has 0 N–H and O–H groups in total. The van der Waals surface area contributed by atoms with E-state index >= 15 is 0 Å². The molecule has 16 heavy (non-hydrogen) atoms. The van der Waals surface area contributed by atoms with Gasteiger partial charge in [-0.3, -0.25) is 4.79 Å². The van der Waals surface area contributed by atoms with Crippen molar-refractivity contribution in [2.45, 2.75) is 59.8 Å². The molecule has 0 saturated heterocycles. The molecule has 0 bridgehead atoms. The summed E-state index contributed by atoms with van der Waals surface area (Å²) in [6.07, 6.45) is 7.55. The Bertz CT molecular complexity index is 215. The maximum Gasteiger partial charge on any atom is 0.249 e. The number of carbonyl (C=O) groups excluding carboxylic acids is 1. The zero-order valence-electron chi connectivity index (χ0n) is 11.4. The van der Waals surface area contributed by atoms with Crippen LogP contribution in [0.3, 0.4) is 0 Å². The summed E-state index contributed by atoms with van der Waals surface area (Å²) in [5.74, 6) is 0.222. The van der Waals surface area contributed by atoms with Gasteiger partial charge < -0.3 is 4.90 Å². The lowest BCUT2D eigenvalue weighted by Crippen LogP contribution is -2.33. The molecular weight excluding hydrogens is 198 g/mol. The molecule has 0 aromatic rings. The van der Waals surface area contributed by atoms with Crippen LogP contribution in [0.15, 0.2) is 11.6 Å². The first-order chi connectivity index (χ1) is 7.67. The van der Waals surface area contributed by atoms with Crippen molar-refractivity contribution in [3.8, 4) is 0 Å². The zero-order valence-corrected chi connectivity index (χ0v) is 11.4. The zero-order chi connectivity index (χ0) is 12.4. The first kappa shape index (κ1) is 15.2. The van der Waals surface area contributed by atoms with Gasteiger partial charge in [-0.1, -0.05) is 39.7 Å². The third-order valence-corrected chi connectivity index (χ3v) is 2.62. The second-order valence-electron chi connectivity index (χ2n) is 4.32. The van der Waals surface area contributed by atoms with E-state index in [2.05, 4.69) is 26.8 Å². The average molecular weight is 225 g/mol. The maximum absolute atomic E-state index is 12.1. The van der Waals surface area contributed by atoms with E-state index in [1.54, 1.807) is 0 Å². The number of rotatable bonds is 8. The summed E-state index contributed by atoms with van der Waals surface area (Å²) in [5, 5.41) is 0. The number of hydrogen-bond acceptors (Lipinski definition) is 1. The van der Waals surface area contributed by atoms with Crippen molar-refractivity contribution in [3.05, 3.63) is 11.6 Å². The molecular formula is C14H27NO. The summed E-state index contributed by atoms with van der Waals surface area (Å²) in [7, 11) is 0. The van der Waals surface area contributed by atoms with Gasteiger partial charge in [0.15, 0.2) is 0 Å². The van der Waals surface area contributed by atoms with E-state index in [0.717, 1.165) is 37.9 Å². The van der Waals surface area contributed by atoms with Crippen molar-refractivity contribution >= 4 is 5.91 Å². The Balaban J connectivity index is 4.29. The molecule has 1 amide bonds. The van der Waals surface area contributed by atoms with E-state index in [4.69, 9.17) is 0 Å². The molecule has 2 nitrogen and oxygen atoms in total. The number of amides is 1. The minimum atomic E-state index is 0.222. The molecule has 0 rings (SSSR count). The average Bonchev–Trinajstić information content (AvgIpc) is 2.28. The van der Waals surface area contributed by atoms with Crippen LogP contribution in [0.2, 0.25) is 0 Å². The van der Waals surface area contributed by atoms with Crippen LogP contribution in [-0.4, -0.2) is 23.9 Å². The van der Waals surface area contributed by atoms with Crippen LogP contribution >= 0.6 is 0 Å². The van der Waals surface area contributed by atoms with Crippen molar-refractivity contribution < 1.29 is 4.79 Å². The lowest BCUT2D eigenvalue weighted by atomic mass is 10.1. The molecule has 94 valence electrons. The molecule has 0 unspecified atom stereocenters. The fourth-order valence-electron chi connectivity index (χ4n) is 1.71. The fraction of sp³-hybridized carbons (Fsp3) is 0.786. The topological polar surface area (TPSA) is 20.3 Å². The summed E-state index contributed by atoms with van der Waals surface area (Å²) in [5.41, 5.74) is 0.912. The van der Waals surface area contributed by atoms with Gasteiger partial charge >= 0.3 is 0 Å². The van der Waals surface area contributed by atoms with Crippen molar-refractivity contribution in [3.63, 3.8) is 0 Å². The third kappa shape index (κ3) is 5.94. The second kappa shape index (κ2) is 9.44. The minimum absolute atomic E-state index is 0.222. The van der Waals surface area contributed by atoms with E-state index < -0.39 is 0 Å². The van der Waals surface area contributed by atoms with Crippen LogP contribution in [0.5, 0.6) is 0 Å². The summed E-state index contributed by atoms with van der Waals surface area (Å²) in [6, 6.07) is 0. The van der Waals surface area contributed by atoms with Crippen molar-refractivity contribution in [2.24, 2.45) is 0 Å². The van der Waals surface area contributed by atoms with Gasteiger partial charge in [-0.15, -0.1) is 0 Å². The fourth-order valence-corrected chi connectivity index (χ4v) is 1.71. The number of unbranched alkanes of at least 4 members (excludes halogenated alkanes) is 2. The SMILES string of the molecule is CCCCC=C(C)C(=O)N(CCC)CCC. The largest absolute Gasteiger partial charge is 0.339 e. The highest BCUT2D eigenvalue weighted by Gasteiger charge is 2.12. The summed E-state index contributed by atoms with van der Waals surface area (Å²) in [4.78, 5) is 14.0. The Morgan fingerprint density at radius 1 is 1.06 bits per heavy atom. The molecule has 0 aliphatic rings. The van der Waals surface area contributed by atoms with Gasteiger partial charge in [-0.2, -0.15) is 0 Å². The predicted molar refractivity (Wildman–Crippen MR) is 70.4 cm³/mol. The Hall–Kier alpha value is -0.790. The lowest BCUT2D eigenvalue weighted by Gasteiger charge is -2.21. The van der Waals surface area contributed by atoms with Gasteiger partial charge in [0, 0.05) is 18.7 Å². The molecule has 0 atom stereocenters. The van der Waals surface area contributed by atoms with E-state index in [1.807, 2.05) is 11.8 Å². The van der Waals surface area contributed by atoms with Gasteiger partial charge in [-0.25, -0.2) is 0 Å². The number of hydrogen-bond donors (Lipinski definition) is 0. The Kier molecular flexibility index (Phi) is 8.97. The third-order valence-electron chi connectivity index (χ3n) is 2.62. The van der Waals surface area contributed by atoms with E-state index in [0.29, 0.717) is 0 Å². The molecule has 0 aliphatic carbocycles. The molecule has 0 aromatic heterocycles. The molecule has 0 fully saturated rings. The van der Waals surface area contributed by atoms with Crippen molar-refractivity contribution in [1.82, 2.24) is 4.90 Å². The normalized spacial score (nSPS) is 11.6. The predicted octanol–water partition coefficient (Wildman–Crippen LogP) is 3.77. The highest BCUT2D eigenvalue weighted by molar-refractivity contribution is 5.92. The highest BCUT2D eigenvalue weighted by Crippen LogP contribution is 2.06. The van der Waals surface area contributed by atoms with Gasteiger partial charge in [0.25, 0.3) is 0 Å². The second-order valence-corrected chi connectivity index (χ2v) is 4.32. The summed E-state index contributed by atoms with van der Waals surface area (Å²) < 4.78 is 0. The van der Waals surface area contributed by atoms with E-state index in [1.165, 1.54) is 12.8 Å². The van der Waals surface area contributed by atoms with Gasteiger partial charge in [0.05, 0.1) is 0 Å². The molecule has 0 heterocycles. The molecule has 0 saturated carbocycles. The van der Waals surface area contributed by atoms with Crippen molar-refractivity contribution in [2.75, 3.05) is 13.1 Å². The molecule has 0 aliphatic heterocycles. The standard InChI is InChI=1S/C14H27NO/c1-5-8-9-10-13(4)14(16)15(11-6-2)12-7-3/h10H,5-9,11-12H2,1-4H3. The number of nitrogens with zero attached hydrogens (tertiary/aromatic N) is 1. The van der Waals surface area contributed by atoms with Crippen LogP contribution in [0, 0.1) is 0 Å². The van der Waals surface area contributed by atoms with Crippen LogP contribution in [-0.2, 0) is 4.79 Å². The highest BCUT2D eigenvalue weighted by atomic mass is 16.2. The molecule has 2 heteroatoms. The van der Waals surface area contributed by atoms with Crippen LogP contribution < -0.4 is 0 Å². The first-order valence-electron chi connectivity index (χ1n) is 6.63. The molecule has 0 aromatic carbocycles. The monoisotopic (exact) mass is 225 g/mol. The van der Waals surface area contributed by atoms with Crippen LogP contribution in [0.1, 0.15) is 59.8 Å². The number of allylic oxidation sites excluding steroid dienone is 1. The number of carbonyl (C=O) groups is 1. The van der Waals surface area contributed by atoms with Gasteiger partial charge in [0.1, 0.15) is 0 Å². The Morgan fingerprint density at radius 2 is 1.62 bits per heavy atom. The van der Waals surface area contributed by atoms with E-state index in [-0.39, 0.29) is 5.91 Å². The molecule has 0 spiro atoms. The lowest BCUT2D eigenvalue weighted by molar-refractivity contribution is -0.127. The van der Waals surface area contributed by atoms with Gasteiger partial charge in [0.2, 0.25) is 5.91 Å². The van der Waals surface area contributed by atoms with E-state index in [9.17, 15) is 4.79 Å². The minimum Gasteiger partial charge on any atom is -0.339 e. The van der Waals surface area contributed by atoms with Crippen LogP contribution in [0.4, 0.5) is 0 Å². The maximum atomic E-state index is 12.1. The smallest absolute Gasteiger partial charge is 0.249 e. The van der Waals surface area contributed by atoms with Crippen LogP contribution in [0.25, 0.3) is 0 Å². The Morgan fingerprint density at radius 3 is 2.06 bits per heavy atom. The summed E-state index contributed by atoms with van der Waals surface area (Å²) >= 11 is 0. The quantitative estimate of drug-likeness (QED) is 0.455. The Labute approximate surface area is 101 Å². The summed E-state index contributed by atoms with van der Waals surface area (Å²) in [6.45, 7) is 10.1. The first-order valence-corrected chi connectivity index (χ1v) is 6.63. The van der Waals surface area contributed by atoms with Crippen molar-refractivity contribution in [1.29, 1.82) is 0 Å². The molecule has 0 radical (unpaired) electrons.